The molecule has 2 aromatic carbocycles. The fourth-order valence-electron chi connectivity index (χ4n) is 2.10. The van der Waals surface area contributed by atoms with E-state index in [-0.39, 0.29) is 0 Å². The van der Waals surface area contributed by atoms with Gasteiger partial charge >= 0.3 is 0 Å². The highest BCUT2D eigenvalue weighted by Gasteiger charge is 2.30. The molecule has 1 nitrogen and oxygen atoms in total. The third kappa shape index (κ3) is 2.83. The van der Waals surface area contributed by atoms with Crippen molar-refractivity contribution in [2.75, 3.05) is 6.61 Å². The lowest BCUT2D eigenvalue weighted by molar-refractivity contribution is 0.324. The summed E-state index contributed by atoms with van der Waals surface area (Å²) in [7, 11) is 0.748. The van der Waals surface area contributed by atoms with Gasteiger partial charge in [-0.1, -0.05) is 60.7 Å². The van der Waals surface area contributed by atoms with E-state index in [9.17, 15) is 0 Å². The Morgan fingerprint density at radius 1 is 0.889 bits per heavy atom. The monoisotopic (exact) mass is 276 g/mol. The third-order valence-corrected chi connectivity index (χ3v) is 4.15. The van der Waals surface area contributed by atoms with Gasteiger partial charge in [0, 0.05) is 6.61 Å². The van der Waals surface area contributed by atoms with Crippen molar-refractivity contribution >= 4 is 22.1 Å². The number of rotatable bonds is 5. The molecule has 0 aromatic heterocycles. The van der Waals surface area contributed by atoms with Gasteiger partial charge < -0.3 is 4.43 Å². The molecule has 0 atom stereocenters. The van der Waals surface area contributed by atoms with Gasteiger partial charge in [-0.2, -0.15) is 0 Å². The molecule has 0 bridgehead atoms. The Kier molecular flexibility index (Phi) is 4.58. The van der Waals surface area contributed by atoms with E-state index in [1.165, 1.54) is 0 Å². The normalized spacial score (nSPS) is 11.6. The molecular weight excluding hydrogens is 260 g/mol. The molecule has 0 saturated heterocycles. The minimum Gasteiger partial charge on any atom is -0.428 e. The molecular formula is C15H17ClOSi. The predicted molar refractivity (Wildman–Crippen MR) is 80.0 cm³/mol. The van der Waals surface area contributed by atoms with Crippen LogP contribution in [0.15, 0.2) is 60.7 Å². The first-order valence-corrected chi connectivity index (χ1v) is 7.26. The van der Waals surface area contributed by atoms with E-state index < -0.39 is 4.87 Å². The molecule has 0 spiro atoms. The SMILES string of the molecule is [SiH3]OCCC(Cl)(c1ccccc1)c1ccccc1. The predicted octanol–water partition coefficient (Wildman–Crippen LogP) is 2.86. The Balaban J connectivity index is 2.41. The highest BCUT2D eigenvalue weighted by Crippen LogP contribution is 2.39. The maximum absolute atomic E-state index is 6.90. The molecule has 3 heteroatoms. The van der Waals surface area contributed by atoms with E-state index in [1.807, 2.05) is 36.4 Å². The summed E-state index contributed by atoms with van der Waals surface area (Å²) in [5, 5.41) is 0. The second-order valence-electron chi connectivity index (χ2n) is 4.28. The smallest absolute Gasteiger partial charge is 0.145 e. The zero-order valence-corrected chi connectivity index (χ0v) is 13.2. The lowest BCUT2D eigenvalue weighted by Crippen LogP contribution is -2.22. The molecule has 0 amide bonds. The topological polar surface area (TPSA) is 9.23 Å². The molecule has 0 N–H and O–H groups in total. The van der Waals surface area contributed by atoms with Crippen molar-refractivity contribution in [2.45, 2.75) is 11.3 Å². The van der Waals surface area contributed by atoms with Crippen LogP contribution in [0.3, 0.4) is 0 Å². The summed E-state index contributed by atoms with van der Waals surface area (Å²) in [6.07, 6.45) is 0.784. The number of alkyl halides is 1. The van der Waals surface area contributed by atoms with Crippen LogP contribution in [-0.4, -0.2) is 17.1 Å². The van der Waals surface area contributed by atoms with Crippen LogP contribution in [0.4, 0.5) is 0 Å². The maximum Gasteiger partial charge on any atom is 0.145 e. The van der Waals surface area contributed by atoms with Crippen LogP contribution in [0.1, 0.15) is 17.5 Å². The molecule has 0 saturated carbocycles. The van der Waals surface area contributed by atoms with Gasteiger partial charge in [0.05, 0.1) is 4.87 Å². The highest BCUT2D eigenvalue weighted by molar-refractivity contribution is 6.26. The summed E-state index contributed by atoms with van der Waals surface area (Å²) in [4.78, 5) is -0.493. The van der Waals surface area contributed by atoms with Crippen LogP contribution < -0.4 is 0 Å². The van der Waals surface area contributed by atoms with E-state index in [0.29, 0.717) is 6.61 Å². The van der Waals surface area contributed by atoms with Gasteiger partial charge in [-0.15, -0.1) is 11.6 Å². The highest BCUT2D eigenvalue weighted by atomic mass is 35.5. The van der Waals surface area contributed by atoms with E-state index in [4.69, 9.17) is 16.0 Å². The zero-order valence-electron chi connectivity index (χ0n) is 10.5. The van der Waals surface area contributed by atoms with Crippen LogP contribution >= 0.6 is 11.6 Å². The van der Waals surface area contributed by atoms with Crippen LogP contribution in [-0.2, 0) is 9.30 Å². The Bertz CT molecular complexity index is 433. The van der Waals surface area contributed by atoms with Crippen molar-refractivity contribution in [1.82, 2.24) is 0 Å². The van der Waals surface area contributed by atoms with Gasteiger partial charge in [0.15, 0.2) is 0 Å². The molecule has 0 aliphatic rings. The van der Waals surface area contributed by atoms with E-state index in [1.54, 1.807) is 0 Å². The Morgan fingerprint density at radius 3 is 1.72 bits per heavy atom. The Hall–Kier alpha value is -1.09. The van der Waals surface area contributed by atoms with E-state index >= 15 is 0 Å². The molecule has 18 heavy (non-hydrogen) atoms. The standard InChI is InChI=1S/C15H17ClOSi/c16-15(11-12-17-18,13-7-3-1-4-8-13)14-9-5-2-6-10-14/h1-10H,11-12H2,18H3. The van der Waals surface area contributed by atoms with Crippen molar-refractivity contribution in [3.63, 3.8) is 0 Å². The van der Waals surface area contributed by atoms with Crippen molar-refractivity contribution in [3.05, 3.63) is 71.8 Å². The van der Waals surface area contributed by atoms with Crippen LogP contribution in [0, 0.1) is 0 Å². The first-order chi connectivity index (χ1) is 8.77. The number of hydrogen-bond donors (Lipinski definition) is 0. The number of benzene rings is 2. The quantitative estimate of drug-likeness (QED) is 0.603. The lowest BCUT2D eigenvalue weighted by Gasteiger charge is -2.28. The first-order valence-electron chi connectivity index (χ1n) is 6.06. The Labute approximate surface area is 116 Å². The minimum absolute atomic E-state index is 0.493. The Morgan fingerprint density at radius 2 is 1.33 bits per heavy atom. The summed E-state index contributed by atoms with van der Waals surface area (Å²) in [6, 6.07) is 20.4. The minimum atomic E-state index is -0.493. The summed E-state index contributed by atoms with van der Waals surface area (Å²) >= 11 is 6.90. The van der Waals surface area contributed by atoms with Gasteiger partial charge in [-0.3, -0.25) is 0 Å². The van der Waals surface area contributed by atoms with Crippen LogP contribution in [0.25, 0.3) is 0 Å². The molecule has 94 valence electrons. The summed E-state index contributed by atoms with van der Waals surface area (Å²) < 4.78 is 5.33. The molecule has 2 rings (SSSR count). The largest absolute Gasteiger partial charge is 0.428 e. The van der Waals surface area contributed by atoms with E-state index in [0.717, 1.165) is 28.0 Å². The van der Waals surface area contributed by atoms with Crippen molar-refractivity contribution in [2.24, 2.45) is 0 Å². The van der Waals surface area contributed by atoms with Crippen molar-refractivity contribution < 1.29 is 4.43 Å². The van der Waals surface area contributed by atoms with Gasteiger partial charge in [0.25, 0.3) is 0 Å². The lowest BCUT2D eigenvalue weighted by atomic mass is 9.88. The molecule has 0 aliphatic heterocycles. The fourth-order valence-corrected chi connectivity index (χ4v) is 2.64. The summed E-state index contributed by atoms with van der Waals surface area (Å²) in [5.74, 6) is 0. The molecule has 0 unspecified atom stereocenters. The zero-order chi connectivity index (χ0) is 12.8. The van der Waals surface area contributed by atoms with Crippen LogP contribution in [0.5, 0.6) is 0 Å². The third-order valence-electron chi connectivity index (χ3n) is 3.11. The van der Waals surface area contributed by atoms with E-state index in [2.05, 4.69) is 24.3 Å². The molecule has 0 radical (unpaired) electrons. The average molecular weight is 277 g/mol. The number of hydrogen-bond acceptors (Lipinski definition) is 1. The second kappa shape index (κ2) is 6.18. The van der Waals surface area contributed by atoms with Gasteiger partial charge in [-0.25, -0.2) is 0 Å². The molecule has 0 fully saturated rings. The first kappa shape index (κ1) is 13.3. The fraction of sp³-hybridized carbons (Fsp3) is 0.200. The molecule has 2 aromatic rings. The summed E-state index contributed by atoms with van der Waals surface area (Å²) in [6.45, 7) is 0.694. The van der Waals surface area contributed by atoms with Crippen LogP contribution in [0.2, 0.25) is 0 Å². The summed E-state index contributed by atoms with van der Waals surface area (Å²) in [5.41, 5.74) is 2.24. The number of halogens is 1. The van der Waals surface area contributed by atoms with Gasteiger partial charge in [0.1, 0.15) is 10.5 Å². The molecule has 0 heterocycles. The molecule has 0 aliphatic carbocycles. The van der Waals surface area contributed by atoms with Crippen molar-refractivity contribution in [3.8, 4) is 0 Å². The maximum atomic E-state index is 6.90. The van der Waals surface area contributed by atoms with Crippen molar-refractivity contribution in [1.29, 1.82) is 0 Å². The second-order valence-corrected chi connectivity index (χ2v) is 5.50. The van der Waals surface area contributed by atoms with Gasteiger partial charge in [-0.05, 0) is 17.5 Å². The average Bonchev–Trinajstić information content (AvgIpc) is 2.46. The van der Waals surface area contributed by atoms with Gasteiger partial charge in [0.2, 0.25) is 0 Å².